The Morgan fingerprint density at radius 1 is 1.21 bits per heavy atom. The van der Waals surface area contributed by atoms with Gasteiger partial charge in [0, 0.05) is 11.7 Å². The average molecular weight is 322 g/mol. The van der Waals surface area contributed by atoms with E-state index in [0.717, 1.165) is 17.7 Å². The van der Waals surface area contributed by atoms with E-state index in [2.05, 4.69) is 47.2 Å². The van der Waals surface area contributed by atoms with Crippen LogP contribution in [0.15, 0.2) is 46.9 Å². The van der Waals surface area contributed by atoms with Crippen LogP contribution in [-0.2, 0) is 6.42 Å². The van der Waals surface area contributed by atoms with Crippen LogP contribution in [0.5, 0.6) is 0 Å². The van der Waals surface area contributed by atoms with E-state index in [4.69, 9.17) is 0 Å². The van der Waals surface area contributed by atoms with Crippen molar-refractivity contribution < 1.29 is 4.39 Å². The monoisotopic (exact) mass is 321 g/mol. The number of hydrogen-bond acceptors (Lipinski definition) is 1. The van der Waals surface area contributed by atoms with Crippen molar-refractivity contribution in [2.24, 2.45) is 0 Å². The zero-order chi connectivity index (χ0) is 13.8. The largest absolute Gasteiger partial charge is 0.378 e. The van der Waals surface area contributed by atoms with Crippen LogP contribution in [0.25, 0.3) is 0 Å². The third-order valence-electron chi connectivity index (χ3n) is 3.21. The Labute approximate surface area is 122 Å². The van der Waals surface area contributed by atoms with Gasteiger partial charge in [-0.25, -0.2) is 4.39 Å². The third kappa shape index (κ3) is 3.35. The first-order valence-electron chi connectivity index (χ1n) is 6.41. The average Bonchev–Trinajstić information content (AvgIpc) is 2.42. The molecule has 0 aliphatic carbocycles. The molecule has 0 heterocycles. The smallest absolute Gasteiger partial charge is 0.137 e. The Bertz CT molecular complexity index is 568. The molecule has 0 bridgehead atoms. The highest BCUT2D eigenvalue weighted by Gasteiger charge is 2.09. The van der Waals surface area contributed by atoms with Gasteiger partial charge in [0.05, 0.1) is 4.47 Å². The third-order valence-corrected chi connectivity index (χ3v) is 3.82. The van der Waals surface area contributed by atoms with Crippen LogP contribution >= 0.6 is 15.9 Å². The van der Waals surface area contributed by atoms with Crippen molar-refractivity contribution in [3.63, 3.8) is 0 Å². The zero-order valence-corrected chi connectivity index (χ0v) is 12.7. The standard InChI is InChI=1S/C16H17BrFN/c1-3-12-6-4-5-7-16(12)19-11(2)13-8-9-15(18)14(17)10-13/h4-11,19H,3H2,1-2H3. The summed E-state index contributed by atoms with van der Waals surface area (Å²) in [5.41, 5.74) is 3.48. The number of para-hydroxylation sites is 1. The summed E-state index contributed by atoms with van der Waals surface area (Å²) in [5, 5.41) is 3.48. The lowest BCUT2D eigenvalue weighted by Crippen LogP contribution is -2.08. The van der Waals surface area contributed by atoms with Crippen LogP contribution in [0.1, 0.15) is 31.0 Å². The van der Waals surface area contributed by atoms with Gasteiger partial charge < -0.3 is 5.32 Å². The number of aryl methyl sites for hydroxylation is 1. The molecule has 100 valence electrons. The van der Waals surface area contributed by atoms with Crippen LogP contribution < -0.4 is 5.32 Å². The lowest BCUT2D eigenvalue weighted by Gasteiger charge is -2.18. The second kappa shape index (κ2) is 6.20. The molecule has 0 aliphatic rings. The molecule has 0 aliphatic heterocycles. The Balaban J connectivity index is 2.20. The van der Waals surface area contributed by atoms with Gasteiger partial charge >= 0.3 is 0 Å². The second-order valence-electron chi connectivity index (χ2n) is 4.55. The Morgan fingerprint density at radius 3 is 2.63 bits per heavy atom. The SMILES string of the molecule is CCc1ccccc1NC(C)c1ccc(F)c(Br)c1. The highest BCUT2D eigenvalue weighted by molar-refractivity contribution is 9.10. The number of rotatable bonds is 4. The van der Waals surface area contributed by atoms with E-state index >= 15 is 0 Å². The van der Waals surface area contributed by atoms with E-state index in [1.54, 1.807) is 0 Å². The normalized spacial score (nSPS) is 12.2. The van der Waals surface area contributed by atoms with Crippen LogP contribution in [-0.4, -0.2) is 0 Å². The number of benzene rings is 2. The summed E-state index contributed by atoms with van der Waals surface area (Å²) >= 11 is 3.23. The summed E-state index contributed by atoms with van der Waals surface area (Å²) in [6.07, 6.45) is 0.989. The van der Waals surface area contributed by atoms with Gasteiger partial charge in [-0.2, -0.15) is 0 Å². The number of nitrogens with one attached hydrogen (secondary N) is 1. The molecular formula is C16H17BrFN. The van der Waals surface area contributed by atoms with Crippen LogP contribution in [0.3, 0.4) is 0 Å². The quantitative estimate of drug-likeness (QED) is 0.803. The molecular weight excluding hydrogens is 305 g/mol. The summed E-state index contributed by atoms with van der Waals surface area (Å²) in [6.45, 7) is 4.21. The fraction of sp³-hybridized carbons (Fsp3) is 0.250. The van der Waals surface area contributed by atoms with Crippen molar-refractivity contribution in [1.29, 1.82) is 0 Å². The number of halogens is 2. The molecule has 2 rings (SSSR count). The maximum Gasteiger partial charge on any atom is 0.137 e. The summed E-state index contributed by atoms with van der Waals surface area (Å²) in [7, 11) is 0. The number of anilines is 1. The Morgan fingerprint density at radius 2 is 1.95 bits per heavy atom. The first-order chi connectivity index (χ1) is 9.11. The minimum absolute atomic E-state index is 0.129. The van der Waals surface area contributed by atoms with Gasteiger partial charge in [-0.15, -0.1) is 0 Å². The molecule has 2 aromatic carbocycles. The topological polar surface area (TPSA) is 12.0 Å². The predicted molar refractivity (Wildman–Crippen MR) is 82.0 cm³/mol. The molecule has 0 amide bonds. The van der Waals surface area contributed by atoms with E-state index < -0.39 is 0 Å². The Hall–Kier alpha value is -1.35. The van der Waals surface area contributed by atoms with Gasteiger partial charge in [-0.1, -0.05) is 31.2 Å². The predicted octanol–water partition coefficient (Wildman–Crippen LogP) is 5.32. The highest BCUT2D eigenvalue weighted by atomic mass is 79.9. The minimum atomic E-state index is -0.232. The zero-order valence-electron chi connectivity index (χ0n) is 11.1. The van der Waals surface area contributed by atoms with E-state index in [1.165, 1.54) is 11.6 Å². The van der Waals surface area contributed by atoms with Crippen LogP contribution in [0.4, 0.5) is 10.1 Å². The summed E-state index contributed by atoms with van der Waals surface area (Å²) in [6, 6.07) is 13.5. The van der Waals surface area contributed by atoms with Crippen molar-refractivity contribution in [1.82, 2.24) is 0 Å². The van der Waals surface area contributed by atoms with Crippen molar-refractivity contribution in [2.75, 3.05) is 5.32 Å². The maximum atomic E-state index is 13.2. The molecule has 1 unspecified atom stereocenters. The van der Waals surface area contributed by atoms with Crippen molar-refractivity contribution in [3.05, 3.63) is 63.9 Å². The molecule has 3 heteroatoms. The lowest BCUT2D eigenvalue weighted by atomic mass is 10.1. The summed E-state index contributed by atoms with van der Waals surface area (Å²) in [5.74, 6) is -0.232. The van der Waals surface area contributed by atoms with E-state index in [0.29, 0.717) is 4.47 Å². The van der Waals surface area contributed by atoms with Gasteiger partial charge in [-0.05, 0) is 58.6 Å². The molecule has 0 radical (unpaired) electrons. The maximum absolute atomic E-state index is 13.2. The first kappa shape index (κ1) is 14.1. The molecule has 19 heavy (non-hydrogen) atoms. The van der Waals surface area contributed by atoms with E-state index in [9.17, 15) is 4.39 Å². The first-order valence-corrected chi connectivity index (χ1v) is 7.20. The fourth-order valence-electron chi connectivity index (χ4n) is 2.07. The van der Waals surface area contributed by atoms with E-state index in [-0.39, 0.29) is 11.9 Å². The summed E-state index contributed by atoms with van der Waals surface area (Å²) < 4.78 is 13.7. The molecule has 0 saturated heterocycles. The lowest BCUT2D eigenvalue weighted by molar-refractivity contribution is 0.619. The molecule has 2 aromatic rings. The van der Waals surface area contributed by atoms with Crippen molar-refractivity contribution >= 4 is 21.6 Å². The molecule has 0 fully saturated rings. The van der Waals surface area contributed by atoms with Crippen molar-refractivity contribution in [2.45, 2.75) is 26.3 Å². The van der Waals surface area contributed by atoms with Gasteiger partial charge in [0.25, 0.3) is 0 Å². The van der Waals surface area contributed by atoms with Crippen LogP contribution in [0.2, 0.25) is 0 Å². The molecule has 1 N–H and O–H groups in total. The molecule has 1 atom stereocenters. The molecule has 0 aromatic heterocycles. The van der Waals surface area contributed by atoms with Gasteiger partial charge in [0.2, 0.25) is 0 Å². The van der Waals surface area contributed by atoms with Crippen LogP contribution in [0, 0.1) is 5.82 Å². The second-order valence-corrected chi connectivity index (χ2v) is 5.40. The van der Waals surface area contributed by atoms with Crippen molar-refractivity contribution in [3.8, 4) is 0 Å². The van der Waals surface area contributed by atoms with Gasteiger partial charge in [0.1, 0.15) is 5.82 Å². The van der Waals surface area contributed by atoms with Gasteiger partial charge in [-0.3, -0.25) is 0 Å². The molecule has 0 spiro atoms. The number of hydrogen-bond donors (Lipinski definition) is 1. The van der Waals surface area contributed by atoms with Gasteiger partial charge in [0.15, 0.2) is 0 Å². The summed E-state index contributed by atoms with van der Waals surface area (Å²) in [4.78, 5) is 0. The molecule has 0 saturated carbocycles. The van der Waals surface area contributed by atoms with E-state index in [1.807, 2.05) is 24.3 Å². The fourth-order valence-corrected chi connectivity index (χ4v) is 2.46. The minimum Gasteiger partial charge on any atom is -0.378 e. The molecule has 1 nitrogen and oxygen atoms in total. The Kier molecular flexibility index (Phi) is 4.59. The highest BCUT2D eigenvalue weighted by Crippen LogP contribution is 2.25.